The van der Waals surface area contributed by atoms with Gasteiger partial charge in [0.15, 0.2) is 0 Å². The Labute approximate surface area is 130 Å². The molecular formula is C20H32O. The van der Waals surface area contributed by atoms with Crippen molar-refractivity contribution in [2.75, 3.05) is 0 Å². The van der Waals surface area contributed by atoms with Gasteiger partial charge in [-0.2, -0.15) is 0 Å². The van der Waals surface area contributed by atoms with Gasteiger partial charge in [-0.3, -0.25) is 0 Å². The largest absolute Gasteiger partial charge is 0.386 e. The summed E-state index contributed by atoms with van der Waals surface area (Å²) in [5.41, 5.74) is 2.73. The number of aliphatic hydroxyl groups is 1. The standard InChI is InChI=1S/C20H32O/c1-15(8-6-11-19(3,4)21)17-10-13-20(5)12-7-9-16(2)18(20)14-17/h6,8,11,17-18,21H,2,7,9-10,12-14H2,1,3-5H3. The normalized spacial score (nSPS) is 35.1. The number of hydrogen-bond acceptors (Lipinski definition) is 1. The van der Waals surface area contributed by atoms with Crippen LogP contribution in [0.3, 0.4) is 0 Å². The molecule has 21 heavy (non-hydrogen) atoms. The van der Waals surface area contributed by atoms with Gasteiger partial charge in [-0.15, -0.1) is 0 Å². The van der Waals surface area contributed by atoms with Gasteiger partial charge < -0.3 is 5.11 Å². The highest BCUT2D eigenvalue weighted by Crippen LogP contribution is 2.54. The van der Waals surface area contributed by atoms with Crippen molar-refractivity contribution in [3.05, 3.63) is 36.0 Å². The van der Waals surface area contributed by atoms with Crippen molar-refractivity contribution in [1.82, 2.24) is 0 Å². The van der Waals surface area contributed by atoms with Crippen molar-refractivity contribution in [2.45, 2.75) is 71.8 Å². The number of hydrogen-bond donors (Lipinski definition) is 1. The van der Waals surface area contributed by atoms with Gasteiger partial charge in [0.25, 0.3) is 0 Å². The highest BCUT2D eigenvalue weighted by Gasteiger charge is 2.42. The van der Waals surface area contributed by atoms with Crippen LogP contribution >= 0.6 is 0 Å². The van der Waals surface area contributed by atoms with Crippen LogP contribution in [0.2, 0.25) is 0 Å². The molecule has 2 fully saturated rings. The predicted octanol–water partition coefficient (Wildman–Crippen LogP) is 5.42. The maximum atomic E-state index is 9.74. The SMILES string of the molecule is C=C1CCCC2(C)CCC(C(C)=CC=CC(C)(C)O)CC12. The Morgan fingerprint density at radius 1 is 1.38 bits per heavy atom. The third-order valence-corrected chi connectivity index (χ3v) is 5.67. The van der Waals surface area contributed by atoms with Gasteiger partial charge in [-0.05, 0) is 76.5 Å². The second-order valence-corrected chi connectivity index (χ2v) is 8.11. The topological polar surface area (TPSA) is 20.2 Å². The minimum absolute atomic E-state index is 0.509. The molecule has 0 radical (unpaired) electrons. The fraction of sp³-hybridized carbons (Fsp3) is 0.700. The smallest absolute Gasteiger partial charge is 0.0774 e. The number of rotatable bonds is 3. The molecule has 0 bridgehead atoms. The Kier molecular flexibility index (Phi) is 4.82. The van der Waals surface area contributed by atoms with E-state index in [1.54, 1.807) is 0 Å². The van der Waals surface area contributed by atoms with Crippen LogP contribution in [-0.2, 0) is 0 Å². The van der Waals surface area contributed by atoms with Crippen LogP contribution in [0.25, 0.3) is 0 Å². The van der Waals surface area contributed by atoms with Crippen LogP contribution < -0.4 is 0 Å². The van der Waals surface area contributed by atoms with Crippen LogP contribution in [0.4, 0.5) is 0 Å². The molecule has 3 atom stereocenters. The molecule has 0 aliphatic heterocycles. The fourth-order valence-electron chi connectivity index (χ4n) is 4.20. The Bertz CT molecular complexity index is 449. The van der Waals surface area contributed by atoms with E-state index in [4.69, 9.17) is 0 Å². The molecule has 0 spiro atoms. The summed E-state index contributed by atoms with van der Waals surface area (Å²) in [5, 5.41) is 9.74. The quantitative estimate of drug-likeness (QED) is 0.543. The lowest BCUT2D eigenvalue weighted by Crippen LogP contribution is -2.38. The lowest BCUT2D eigenvalue weighted by Gasteiger charge is -2.49. The van der Waals surface area contributed by atoms with Crippen LogP contribution in [0.5, 0.6) is 0 Å². The monoisotopic (exact) mass is 288 g/mol. The molecule has 1 nitrogen and oxygen atoms in total. The highest BCUT2D eigenvalue weighted by molar-refractivity contribution is 5.20. The second-order valence-electron chi connectivity index (χ2n) is 8.11. The first-order valence-electron chi connectivity index (χ1n) is 8.47. The molecule has 0 aromatic carbocycles. The third kappa shape index (κ3) is 4.10. The molecule has 2 aliphatic rings. The summed E-state index contributed by atoms with van der Waals surface area (Å²) in [5.74, 6) is 1.40. The maximum Gasteiger partial charge on any atom is 0.0774 e. The first-order chi connectivity index (χ1) is 9.71. The highest BCUT2D eigenvalue weighted by atomic mass is 16.3. The maximum absolute atomic E-state index is 9.74. The fourth-order valence-corrected chi connectivity index (χ4v) is 4.20. The van der Waals surface area contributed by atoms with E-state index in [9.17, 15) is 5.11 Å². The molecule has 118 valence electrons. The zero-order valence-electron chi connectivity index (χ0n) is 14.3. The number of allylic oxidation sites excluding steroid dienone is 4. The Hall–Kier alpha value is -0.820. The van der Waals surface area contributed by atoms with Crippen molar-refractivity contribution < 1.29 is 5.11 Å². The summed E-state index contributed by atoms with van der Waals surface area (Å²) < 4.78 is 0. The minimum Gasteiger partial charge on any atom is -0.386 e. The second kappa shape index (κ2) is 6.12. The van der Waals surface area contributed by atoms with Gasteiger partial charge in [0.05, 0.1) is 5.60 Å². The van der Waals surface area contributed by atoms with Crippen molar-refractivity contribution in [3.8, 4) is 0 Å². The molecule has 2 rings (SSSR count). The molecule has 0 heterocycles. The molecule has 1 heteroatoms. The summed E-state index contributed by atoms with van der Waals surface area (Å²) in [6.07, 6.45) is 13.9. The minimum atomic E-state index is -0.723. The van der Waals surface area contributed by atoms with Crippen LogP contribution in [0.1, 0.15) is 66.2 Å². The number of fused-ring (bicyclic) bond motifs is 1. The molecule has 1 N–H and O–H groups in total. The van der Waals surface area contributed by atoms with E-state index in [1.807, 2.05) is 26.0 Å². The zero-order chi connectivity index (χ0) is 15.7. The van der Waals surface area contributed by atoms with Crippen molar-refractivity contribution >= 4 is 0 Å². The molecule has 3 unspecified atom stereocenters. The Morgan fingerprint density at radius 2 is 2.10 bits per heavy atom. The van der Waals surface area contributed by atoms with E-state index >= 15 is 0 Å². The van der Waals surface area contributed by atoms with Gasteiger partial charge in [-0.1, -0.05) is 42.9 Å². The summed E-state index contributed by atoms with van der Waals surface area (Å²) >= 11 is 0. The van der Waals surface area contributed by atoms with Gasteiger partial charge in [0.2, 0.25) is 0 Å². The van der Waals surface area contributed by atoms with E-state index < -0.39 is 5.60 Å². The van der Waals surface area contributed by atoms with Crippen LogP contribution in [0.15, 0.2) is 36.0 Å². The van der Waals surface area contributed by atoms with Gasteiger partial charge in [0, 0.05) is 0 Å². The van der Waals surface area contributed by atoms with E-state index in [-0.39, 0.29) is 0 Å². The third-order valence-electron chi connectivity index (χ3n) is 5.67. The zero-order valence-corrected chi connectivity index (χ0v) is 14.3. The van der Waals surface area contributed by atoms with E-state index in [2.05, 4.69) is 26.5 Å². The summed E-state index contributed by atoms with van der Waals surface area (Å²) in [6.45, 7) is 12.7. The van der Waals surface area contributed by atoms with E-state index in [1.165, 1.54) is 49.7 Å². The first kappa shape index (κ1) is 16.5. The van der Waals surface area contributed by atoms with Crippen molar-refractivity contribution in [2.24, 2.45) is 17.3 Å². The van der Waals surface area contributed by atoms with Crippen LogP contribution in [-0.4, -0.2) is 10.7 Å². The van der Waals surface area contributed by atoms with Gasteiger partial charge in [-0.25, -0.2) is 0 Å². The lowest BCUT2D eigenvalue weighted by atomic mass is 9.56. The van der Waals surface area contributed by atoms with Gasteiger partial charge in [0.1, 0.15) is 0 Å². The van der Waals surface area contributed by atoms with E-state index in [0.717, 1.165) is 0 Å². The van der Waals surface area contributed by atoms with Crippen molar-refractivity contribution in [1.29, 1.82) is 0 Å². The summed E-state index contributed by atoms with van der Waals surface area (Å²) in [4.78, 5) is 0. The molecule has 0 saturated heterocycles. The van der Waals surface area contributed by atoms with E-state index in [0.29, 0.717) is 17.3 Å². The summed E-state index contributed by atoms with van der Waals surface area (Å²) in [6, 6.07) is 0. The van der Waals surface area contributed by atoms with Crippen molar-refractivity contribution in [3.63, 3.8) is 0 Å². The van der Waals surface area contributed by atoms with Gasteiger partial charge >= 0.3 is 0 Å². The molecule has 0 amide bonds. The average Bonchev–Trinajstić information content (AvgIpc) is 2.36. The molecule has 0 aromatic heterocycles. The molecular weight excluding hydrogens is 256 g/mol. The predicted molar refractivity (Wildman–Crippen MR) is 91.1 cm³/mol. The molecule has 2 saturated carbocycles. The molecule has 0 aromatic rings. The Balaban J connectivity index is 2.05. The lowest BCUT2D eigenvalue weighted by molar-refractivity contribution is 0.0831. The Morgan fingerprint density at radius 3 is 2.76 bits per heavy atom. The summed E-state index contributed by atoms with van der Waals surface area (Å²) in [7, 11) is 0. The first-order valence-corrected chi connectivity index (χ1v) is 8.47. The van der Waals surface area contributed by atoms with Crippen LogP contribution in [0, 0.1) is 17.3 Å². The average molecular weight is 288 g/mol. The molecule has 2 aliphatic carbocycles.